The molecule has 1 aromatic carbocycles. The Morgan fingerprint density at radius 3 is 2.65 bits per heavy atom. The molecule has 1 saturated heterocycles. The molecule has 0 unspecified atom stereocenters. The summed E-state index contributed by atoms with van der Waals surface area (Å²) >= 11 is 0. The van der Waals surface area contributed by atoms with Crippen molar-refractivity contribution in [1.29, 1.82) is 0 Å². The molecule has 1 aliphatic heterocycles. The lowest BCUT2D eigenvalue weighted by Crippen LogP contribution is -2.23. The fourth-order valence-electron chi connectivity index (χ4n) is 3.73. The highest BCUT2D eigenvalue weighted by Crippen LogP contribution is 2.42. The number of hydrogen-bond acceptors (Lipinski definition) is 6. The molecule has 1 aliphatic rings. The standard InChI is InChI=1S/C19H24N2O5/c1-11-14(12(2)26-20-11)8-21-9-15(16(10-21)19(22)23)13-6-5-7-17(24-3)18(13)25-4/h5-7,15-16H,8-10H2,1-4H3,(H,22,23)/t15-,16+/m0/s1. The molecule has 3 rings (SSSR count). The molecule has 2 heterocycles. The third-order valence-corrected chi connectivity index (χ3v) is 5.11. The quantitative estimate of drug-likeness (QED) is 0.847. The SMILES string of the molecule is COc1cccc([C@@H]2CN(Cc3c(C)noc3C)C[C@H]2C(=O)O)c1OC. The summed E-state index contributed by atoms with van der Waals surface area (Å²) in [6.07, 6.45) is 0. The van der Waals surface area contributed by atoms with Gasteiger partial charge in [0.1, 0.15) is 5.76 Å². The van der Waals surface area contributed by atoms with Crippen LogP contribution < -0.4 is 9.47 Å². The summed E-state index contributed by atoms with van der Waals surface area (Å²) in [6, 6.07) is 5.60. The van der Waals surface area contributed by atoms with Crippen LogP contribution in [0.4, 0.5) is 0 Å². The van der Waals surface area contributed by atoms with Gasteiger partial charge in [-0.05, 0) is 19.9 Å². The number of para-hydroxylation sites is 1. The Balaban J connectivity index is 1.91. The number of carboxylic acid groups (broad SMARTS) is 1. The monoisotopic (exact) mass is 360 g/mol. The molecule has 1 aromatic heterocycles. The number of nitrogens with zero attached hydrogens (tertiary/aromatic N) is 2. The van der Waals surface area contributed by atoms with Crippen LogP contribution in [-0.4, -0.2) is 48.4 Å². The molecule has 1 fully saturated rings. The van der Waals surface area contributed by atoms with E-state index in [1.54, 1.807) is 14.2 Å². The molecule has 0 amide bonds. The Morgan fingerprint density at radius 2 is 2.08 bits per heavy atom. The van der Waals surface area contributed by atoms with Gasteiger partial charge in [-0.3, -0.25) is 9.69 Å². The number of rotatable bonds is 6. The summed E-state index contributed by atoms with van der Waals surface area (Å²) in [4.78, 5) is 14.0. The molecular weight excluding hydrogens is 336 g/mol. The molecule has 0 radical (unpaired) electrons. The molecule has 2 aromatic rings. The van der Waals surface area contributed by atoms with Gasteiger partial charge in [-0.15, -0.1) is 0 Å². The van der Waals surface area contributed by atoms with Crippen molar-refractivity contribution in [2.75, 3.05) is 27.3 Å². The van der Waals surface area contributed by atoms with Gasteiger partial charge in [0.2, 0.25) is 0 Å². The second-order valence-electron chi connectivity index (χ2n) is 6.63. The van der Waals surface area contributed by atoms with Crippen LogP contribution in [0.1, 0.15) is 28.5 Å². The topological polar surface area (TPSA) is 85.0 Å². The second kappa shape index (κ2) is 7.37. The Bertz CT molecular complexity index is 782. The number of carboxylic acids is 1. The van der Waals surface area contributed by atoms with Crippen molar-refractivity contribution >= 4 is 5.97 Å². The van der Waals surface area contributed by atoms with Gasteiger partial charge >= 0.3 is 5.97 Å². The number of ether oxygens (including phenoxy) is 2. The maximum atomic E-state index is 11.9. The van der Waals surface area contributed by atoms with Crippen LogP contribution in [0.2, 0.25) is 0 Å². The van der Waals surface area contributed by atoms with Crippen LogP contribution in [0, 0.1) is 19.8 Å². The molecule has 26 heavy (non-hydrogen) atoms. The largest absolute Gasteiger partial charge is 0.493 e. The Morgan fingerprint density at radius 1 is 1.31 bits per heavy atom. The van der Waals surface area contributed by atoms with Crippen LogP contribution in [-0.2, 0) is 11.3 Å². The van der Waals surface area contributed by atoms with Crippen LogP contribution in [0.15, 0.2) is 22.7 Å². The fourth-order valence-corrected chi connectivity index (χ4v) is 3.73. The second-order valence-corrected chi connectivity index (χ2v) is 6.63. The van der Waals surface area contributed by atoms with Crippen LogP contribution in [0.3, 0.4) is 0 Å². The molecule has 7 heteroatoms. The minimum Gasteiger partial charge on any atom is -0.493 e. The molecule has 0 bridgehead atoms. The number of hydrogen-bond donors (Lipinski definition) is 1. The highest BCUT2D eigenvalue weighted by Gasteiger charge is 2.40. The number of aryl methyl sites for hydroxylation is 2. The molecule has 0 aliphatic carbocycles. The zero-order chi connectivity index (χ0) is 18.8. The number of benzene rings is 1. The highest BCUT2D eigenvalue weighted by molar-refractivity contribution is 5.73. The zero-order valence-corrected chi connectivity index (χ0v) is 15.5. The average molecular weight is 360 g/mol. The lowest BCUT2D eigenvalue weighted by molar-refractivity contribution is -0.141. The smallest absolute Gasteiger partial charge is 0.308 e. The first-order chi connectivity index (χ1) is 12.5. The summed E-state index contributed by atoms with van der Waals surface area (Å²) < 4.78 is 16.1. The maximum Gasteiger partial charge on any atom is 0.308 e. The Labute approximate surface area is 152 Å². The van der Waals surface area contributed by atoms with Gasteiger partial charge in [-0.1, -0.05) is 17.3 Å². The van der Waals surface area contributed by atoms with E-state index in [2.05, 4.69) is 10.1 Å². The first kappa shape index (κ1) is 18.3. The number of methoxy groups -OCH3 is 2. The van der Waals surface area contributed by atoms with Crippen molar-refractivity contribution in [2.24, 2.45) is 5.92 Å². The third kappa shape index (κ3) is 3.26. The van der Waals surface area contributed by atoms with Gasteiger partial charge in [0.05, 0.1) is 25.8 Å². The van der Waals surface area contributed by atoms with Crippen molar-refractivity contribution in [2.45, 2.75) is 26.3 Å². The third-order valence-electron chi connectivity index (χ3n) is 5.11. The predicted molar refractivity (Wildman–Crippen MR) is 94.7 cm³/mol. The van der Waals surface area contributed by atoms with Gasteiger partial charge in [0, 0.05) is 36.7 Å². The molecule has 0 saturated carbocycles. The Hall–Kier alpha value is -2.54. The van der Waals surface area contributed by atoms with Gasteiger partial charge in [0.25, 0.3) is 0 Å². The Kier molecular flexibility index (Phi) is 5.18. The van der Waals surface area contributed by atoms with Crippen molar-refractivity contribution in [1.82, 2.24) is 10.1 Å². The van der Waals surface area contributed by atoms with Gasteiger partial charge in [-0.2, -0.15) is 0 Å². The number of aliphatic carboxylic acids is 1. The van der Waals surface area contributed by atoms with Crippen molar-refractivity contribution in [3.63, 3.8) is 0 Å². The van der Waals surface area contributed by atoms with E-state index in [9.17, 15) is 9.90 Å². The summed E-state index contributed by atoms with van der Waals surface area (Å²) in [5.41, 5.74) is 2.73. The van der Waals surface area contributed by atoms with E-state index < -0.39 is 11.9 Å². The van der Waals surface area contributed by atoms with E-state index in [0.717, 1.165) is 22.6 Å². The van der Waals surface area contributed by atoms with Crippen molar-refractivity contribution in [3.8, 4) is 11.5 Å². The summed E-state index contributed by atoms with van der Waals surface area (Å²) in [5.74, 6) is 0.483. The van der Waals surface area contributed by atoms with Crippen molar-refractivity contribution < 1.29 is 23.9 Å². The molecule has 0 spiro atoms. The molecular formula is C19H24N2O5. The van der Waals surface area contributed by atoms with E-state index in [-0.39, 0.29) is 5.92 Å². The molecule has 2 atom stereocenters. The molecule has 7 nitrogen and oxygen atoms in total. The maximum absolute atomic E-state index is 11.9. The van der Waals surface area contributed by atoms with E-state index in [4.69, 9.17) is 14.0 Å². The first-order valence-corrected chi connectivity index (χ1v) is 8.54. The van der Waals surface area contributed by atoms with E-state index in [0.29, 0.717) is 31.1 Å². The summed E-state index contributed by atoms with van der Waals surface area (Å²) in [6.45, 7) is 5.48. The lowest BCUT2D eigenvalue weighted by atomic mass is 9.88. The van der Waals surface area contributed by atoms with E-state index in [1.165, 1.54) is 0 Å². The van der Waals surface area contributed by atoms with Crippen molar-refractivity contribution in [3.05, 3.63) is 40.8 Å². The predicted octanol–water partition coefficient (Wildman–Crippen LogP) is 2.61. The number of carbonyl (C=O) groups is 1. The van der Waals surface area contributed by atoms with E-state index >= 15 is 0 Å². The molecule has 1 N–H and O–H groups in total. The normalized spacial score (nSPS) is 20.3. The minimum atomic E-state index is -0.805. The average Bonchev–Trinajstić information content (AvgIpc) is 3.19. The zero-order valence-electron chi connectivity index (χ0n) is 15.5. The van der Waals surface area contributed by atoms with Gasteiger partial charge < -0.3 is 19.1 Å². The van der Waals surface area contributed by atoms with Crippen LogP contribution in [0.5, 0.6) is 11.5 Å². The molecule has 140 valence electrons. The minimum absolute atomic E-state index is 0.182. The summed E-state index contributed by atoms with van der Waals surface area (Å²) in [7, 11) is 3.16. The van der Waals surface area contributed by atoms with E-state index in [1.807, 2.05) is 32.0 Å². The van der Waals surface area contributed by atoms with Gasteiger partial charge in [-0.25, -0.2) is 0 Å². The lowest BCUT2D eigenvalue weighted by Gasteiger charge is -2.20. The van der Waals surface area contributed by atoms with Crippen LogP contribution >= 0.6 is 0 Å². The summed E-state index contributed by atoms with van der Waals surface area (Å²) in [5, 5.41) is 13.7. The number of aromatic nitrogens is 1. The highest BCUT2D eigenvalue weighted by atomic mass is 16.5. The first-order valence-electron chi connectivity index (χ1n) is 8.54. The number of likely N-dealkylation sites (tertiary alicyclic amines) is 1. The van der Waals surface area contributed by atoms with Gasteiger partial charge in [0.15, 0.2) is 11.5 Å². The van der Waals surface area contributed by atoms with Crippen LogP contribution in [0.25, 0.3) is 0 Å². The fraction of sp³-hybridized carbons (Fsp3) is 0.474.